The molecule has 0 spiro atoms. The third-order valence-corrected chi connectivity index (χ3v) is 4.57. The first kappa shape index (κ1) is 15.0. The molecule has 18 heavy (non-hydrogen) atoms. The predicted octanol–water partition coefficient (Wildman–Crippen LogP) is 2.98. The molecule has 0 aliphatic carbocycles. The summed E-state index contributed by atoms with van der Waals surface area (Å²) in [5, 5.41) is 0. The number of hydrogen-bond acceptors (Lipinski definition) is 4. The van der Waals surface area contributed by atoms with Gasteiger partial charge in [-0.3, -0.25) is 9.36 Å². The van der Waals surface area contributed by atoms with Crippen molar-refractivity contribution in [3.05, 3.63) is 35.6 Å². The van der Waals surface area contributed by atoms with Crippen LogP contribution >= 0.6 is 7.60 Å². The largest absolute Gasteiger partial charge is 0.337 e. The maximum absolute atomic E-state index is 13.5. The van der Waals surface area contributed by atoms with Crippen molar-refractivity contribution < 1.29 is 22.8 Å². The molecule has 6 heteroatoms. The van der Waals surface area contributed by atoms with Crippen molar-refractivity contribution in [2.24, 2.45) is 0 Å². The fourth-order valence-corrected chi connectivity index (χ4v) is 2.59. The van der Waals surface area contributed by atoms with Gasteiger partial charge in [-0.1, -0.05) is 25.1 Å². The van der Waals surface area contributed by atoms with Crippen LogP contribution in [-0.4, -0.2) is 26.2 Å². The van der Waals surface area contributed by atoms with Crippen LogP contribution in [0.3, 0.4) is 0 Å². The van der Waals surface area contributed by atoms with E-state index in [4.69, 9.17) is 9.05 Å². The Hall–Kier alpha value is -1.03. The Balaban J connectivity index is 2.86. The minimum Gasteiger partial charge on any atom is -0.312 e. The van der Waals surface area contributed by atoms with Crippen molar-refractivity contribution in [3.63, 3.8) is 0 Å². The summed E-state index contributed by atoms with van der Waals surface area (Å²) in [7, 11) is -0.971. The monoisotopic (exact) mass is 274 g/mol. The Morgan fingerprint density at radius 1 is 1.33 bits per heavy atom. The lowest BCUT2D eigenvalue weighted by Gasteiger charge is -2.16. The van der Waals surface area contributed by atoms with Gasteiger partial charge in [-0.05, 0) is 11.6 Å². The van der Waals surface area contributed by atoms with Crippen molar-refractivity contribution in [2.75, 3.05) is 20.4 Å². The lowest BCUT2D eigenvalue weighted by Crippen LogP contribution is -2.16. The fourth-order valence-electron chi connectivity index (χ4n) is 1.53. The standard InChI is InChI=1S/C12H16FO4P/c1-9(10-6-4-5-7-11(10)13)12(14)8-18(15,16-2)17-3/h4-7,9H,8H2,1-3H3/t9-/m1/s1. The van der Waals surface area contributed by atoms with Crippen molar-refractivity contribution >= 4 is 13.4 Å². The Kier molecular flexibility index (Phi) is 5.20. The summed E-state index contributed by atoms with van der Waals surface area (Å²) in [5.74, 6) is -1.53. The summed E-state index contributed by atoms with van der Waals surface area (Å²) >= 11 is 0. The Morgan fingerprint density at radius 2 is 1.89 bits per heavy atom. The highest BCUT2D eigenvalue weighted by atomic mass is 31.2. The Labute approximate surface area is 106 Å². The van der Waals surface area contributed by atoms with Gasteiger partial charge in [-0.25, -0.2) is 4.39 Å². The highest BCUT2D eigenvalue weighted by Gasteiger charge is 2.29. The smallest absolute Gasteiger partial charge is 0.312 e. The Morgan fingerprint density at radius 3 is 2.39 bits per heavy atom. The van der Waals surface area contributed by atoms with Gasteiger partial charge in [0.25, 0.3) is 0 Å². The maximum Gasteiger partial charge on any atom is 0.337 e. The molecule has 0 bridgehead atoms. The summed E-state index contributed by atoms with van der Waals surface area (Å²) in [4.78, 5) is 11.9. The SMILES string of the molecule is COP(=O)(CC(=O)[C@H](C)c1ccccc1F)OC. The number of carbonyl (C=O) groups is 1. The molecule has 0 aliphatic heterocycles. The number of Topliss-reactive ketones (excluding diaryl/α,β-unsaturated/α-hetero) is 1. The molecule has 4 nitrogen and oxygen atoms in total. The number of ketones is 1. The number of carbonyl (C=O) groups excluding carboxylic acids is 1. The van der Waals surface area contributed by atoms with Gasteiger partial charge in [-0.15, -0.1) is 0 Å². The molecule has 0 N–H and O–H groups in total. The van der Waals surface area contributed by atoms with Crippen molar-refractivity contribution in [2.45, 2.75) is 12.8 Å². The van der Waals surface area contributed by atoms with E-state index in [2.05, 4.69) is 0 Å². The number of halogens is 1. The molecule has 0 amide bonds. The van der Waals surface area contributed by atoms with Gasteiger partial charge in [0.05, 0.1) is 0 Å². The molecule has 0 heterocycles. The van der Waals surface area contributed by atoms with Gasteiger partial charge in [0.15, 0.2) is 5.78 Å². The van der Waals surface area contributed by atoms with Crippen molar-refractivity contribution in [1.29, 1.82) is 0 Å². The molecule has 0 aromatic heterocycles. The molecule has 100 valence electrons. The van der Waals surface area contributed by atoms with Crippen LogP contribution in [0.4, 0.5) is 4.39 Å². The van der Waals surface area contributed by atoms with Crippen LogP contribution in [0.15, 0.2) is 24.3 Å². The third kappa shape index (κ3) is 3.48. The van der Waals surface area contributed by atoms with Crippen molar-refractivity contribution in [3.8, 4) is 0 Å². The molecule has 1 atom stereocenters. The second kappa shape index (κ2) is 6.23. The normalized spacial score (nSPS) is 13.3. The molecule has 0 unspecified atom stereocenters. The summed E-state index contributed by atoms with van der Waals surface area (Å²) in [6.07, 6.45) is -0.366. The summed E-state index contributed by atoms with van der Waals surface area (Å²) in [5.41, 5.74) is 0.279. The van der Waals surface area contributed by atoms with Gasteiger partial charge >= 0.3 is 7.60 Å². The second-order valence-electron chi connectivity index (χ2n) is 3.84. The van der Waals surface area contributed by atoms with E-state index in [1.807, 2.05) is 0 Å². The summed E-state index contributed by atoms with van der Waals surface area (Å²) < 4.78 is 34.7. The molecule has 0 saturated carbocycles. The van der Waals surface area contributed by atoms with Crippen LogP contribution in [0.2, 0.25) is 0 Å². The van der Waals surface area contributed by atoms with Crippen molar-refractivity contribution in [1.82, 2.24) is 0 Å². The number of rotatable bonds is 6. The molecule has 1 rings (SSSR count). The zero-order valence-electron chi connectivity index (χ0n) is 10.6. The minimum atomic E-state index is -3.40. The van der Waals surface area contributed by atoms with Gasteiger partial charge in [0, 0.05) is 20.1 Å². The van der Waals surface area contributed by atoms with Crippen LogP contribution in [0.25, 0.3) is 0 Å². The first-order chi connectivity index (χ1) is 8.43. The summed E-state index contributed by atoms with van der Waals surface area (Å²) in [6, 6.07) is 6.01. The topological polar surface area (TPSA) is 52.6 Å². The Bertz CT molecular complexity index is 467. The van der Waals surface area contributed by atoms with Crippen LogP contribution in [0.1, 0.15) is 18.4 Å². The molecular weight excluding hydrogens is 258 g/mol. The zero-order valence-corrected chi connectivity index (χ0v) is 11.4. The van der Waals surface area contributed by atoms with Crippen LogP contribution in [0, 0.1) is 5.82 Å². The average Bonchev–Trinajstić information content (AvgIpc) is 2.38. The second-order valence-corrected chi connectivity index (χ2v) is 6.11. The molecule has 1 aromatic carbocycles. The highest BCUT2D eigenvalue weighted by molar-refractivity contribution is 7.54. The predicted molar refractivity (Wildman–Crippen MR) is 66.3 cm³/mol. The zero-order chi connectivity index (χ0) is 13.8. The average molecular weight is 274 g/mol. The first-order valence-corrected chi connectivity index (χ1v) is 7.14. The summed E-state index contributed by atoms with van der Waals surface area (Å²) in [6.45, 7) is 1.57. The van der Waals surface area contributed by atoms with E-state index < -0.39 is 19.3 Å². The van der Waals surface area contributed by atoms with E-state index in [0.717, 1.165) is 0 Å². The van der Waals surface area contributed by atoms with E-state index in [1.54, 1.807) is 19.1 Å². The fraction of sp³-hybridized carbons (Fsp3) is 0.417. The molecule has 0 saturated heterocycles. The van der Waals surface area contributed by atoms with E-state index in [9.17, 15) is 13.8 Å². The van der Waals surface area contributed by atoms with Gasteiger partial charge in [0.1, 0.15) is 12.0 Å². The van der Waals surface area contributed by atoms with Crippen LogP contribution in [0.5, 0.6) is 0 Å². The van der Waals surface area contributed by atoms with Crippen LogP contribution in [-0.2, 0) is 18.4 Å². The highest BCUT2D eigenvalue weighted by Crippen LogP contribution is 2.47. The quantitative estimate of drug-likeness (QED) is 0.748. The molecule has 0 fully saturated rings. The van der Waals surface area contributed by atoms with Crippen LogP contribution < -0.4 is 0 Å². The number of benzene rings is 1. The van der Waals surface area contributed by atoms with Gasteiger partial charge in [-0.2, -0.15) is 0 Å². The first-order valence-electron chi connectivity index (χ1n) is 5.41. The molecule has 0 aliphatic rings. The molecular formula is C12H16FO4P. The third-order valence-electron chi connectivity index (χ3n) is 2.76. The van der Waals surface area contributed by atoms with Gasteiger partial charge < -0.3 is 9.05 Å². The maximum atomic E-state index is 13.5. The molecule has 0 radical (unpaired) electrons. The van der Waals surface area contributed by atoms with E-state index in [-0.39, 0.29) is 17.5 Å². The lowest BCUT2D eigenvalue weighted by atomic mass is 9.97. The minimum absolute atomic E-state index is 0.279. The lowest BCUT2D eigenvalue weighted by molar-refractivity contribution is -0.118. The van der Waals surface area contributed by atoms with Gasteiger partial charge in [0.2, 0.25) is 0 Å². The van der Waals surface area contributed by atoms with E-state index >= 15 is 0 Å². The van der Waals surface area contributed by atoms with E-state index in [1.165, 1.54) is 26.4 Å². The van der Waals surface area contributed by atoms with E-state index in [0.29, 0.717) is 0 Å². The molecule has 1 aromatic rings. The number of hydrogen-bond donors (Lipinski definition) is 0.